The Hall–Kier alpha value is -1.59. The zero-order chi connectivity index (χ0) is 15.9. The van der Waals surface area contributed by atoms with Gasteiger partial charge in [0.15, 0.2) is 0 Å². The fraction of sp³-hybridized carbons (Fsp3) is 0.588. The summed E-state index contributed by atoms with van der Waals surface area (Å²) in [5.41, 5.74) is 2.81. The molecule has 1 fully saturated rings. The SMILES string of the molecule is COCC(O)CCNC(=O)c1cc(C)ccc1N1CCCC1. The van der Waals surface area contributed by atoms with E-state index in [1.54, 1.807) is 7.11 Å². The van der Waals surface area contributed by atoms with Crippen LogP contribution in [0.25, 0.3) is 0 Å². The Morgan fingerprint density at radius 3 is 2.82 bits per heavy atom. The molecule has 5 nitrogen and oxygen atoms in total. The average Bonchev–Trinajstić information content (AvgIpc) is 3.01. The lowest BCUT2D eigenvalue weighted by molar-refractivity contribution is 0.0588. The van der Waals surface area contributed by atoms with E-state index in [-0.39, 0.29) is 5.91 Å². The minimum absolute atomic E-state index is 0.0739. The smallest absolute Gasteiger partial charge is 0.253 e. The highest BCUT2D eigenvalue weighted by atomic mass is 16.5. The van der Waals surface area contributed by atoms with Crippen molar-refractivity contribution >= 4 is 11.6 Å². The maximum absolute atomic E-state index is 12.5. The third-order valence-electron chi connectivity index (χ3n) is 3.97. The number of methoxy groups -OCH3 is 1. The number of hydrogen-bond acceptors (Lipinski definition) is 4. The Bertz CT molecular complexity index is 499. The molecule has 1 saturated heterocycles. The van der Waals surface area contributed by atoms with Gasteiger partial charge in [0.05, 0.1) is 18.3 Å². The number of nitrogens with zero attached hydrogens (tertiary/aromatic N) is 1. The van der Waals surface area contributed by atoms with Crippen molar-refractivity contribution in [2.75, 3.05) is 38.3 Å². The standard InChI is InChI=1S/C17H26N2O3/c1-13-5-6-16(19-9-3-4-10-19)15(11-13)17(21)18-8-7-14(20)12-22-2/h5-6,11,14,20H,3-4,7-10,12H2,1-2H3,(H,18,21). The quantitative estimate of drug-likeness (QED) is 0.805. The number of anilines is 1. The molecular weight excluding hydrogens is 280 g/mol. The fourth-order valence-electron chi connectivity index (χ4n) is 2.79. The van der Waals surface area contributed by atoms with Gasteiger partial charge in [-0.25, -0.2) is 0 Å². The van der Waals surface area contributed by atoms with E-state index in [1.807, 2.05) is 25.1 Å². The molecule has 0 aromatic heterocycles. The number of carbonyl (C=O) groups is 1. The van der Waals surface area contributed by atoms with Crippen LogP contribution in [0.15, 0.2) is 18.2 Å². The first-order valence-electron chi connectivity index (χ1n) is 7.92. The molecular formula is C17H26N2O3. The number of aryl methyl sites for hydroxylation is 1. The molecule has 122 valence electrons. The van der Waals surface area contributed by atoms with Crippen LogP contribution < -0.4 is 10.2 Å². The molecule has 0 saturated carbocycles. The molecule has 1 aromatic rings. The van der Waals surface area contributed by atoms with Crippen LogP contribution in [0.4, 0.5) is 5.69 Å². The summed E-state index contributed by atoms with van der Waals surface area (Å²) in [4.78, 5) is 14.7. The molecule has 1 aliphatic heterocycles. The molecule has 5 heteroatoms. The summed E-state index contributed by atoms with van der Waals surface area (Å²) in [6.07, 6.45) is 2.31. The highest BCUT2D eigenvalue weighted by Crippen LogP contribution is 2.25. The lowest BCUT2D eigenvalue weighted by Gasteiger charge is -2.21. The Morgan fingerprint density at radius 1 is 1.41 bits per heavy atom. The molecule has 0 bridgehead atoms. The number of amides is 1. The van der Waals surface area contributed by atoms with Crippen LogP contribution in [0.2, 0.25) is 0 Å². The Morgan fingerprint density at radius 2 is 2.14 bits per heavy atom. The highest BCUT2D eigenvalue weighted by Gasteiger charge is 2.19. The van der Waals surface area contributed by atoms with Gasteiger partial charge < -0.3 is 20.1 Å². The monoisotopic (exact) mass is 306 g/mol. The first kappa shape index (κ1) is 16.8. The summed E-state index contributed by atoms with van der Waals surface area (Å²) in [7, 11) is 1.55. The number of ether oxygens (including phenoxy) is 1. The third-order valence-corrected chi connectivity index (χ3v) is 3.97. The molecule has 1 amide bonds. The molecule has 22 heavy (non-hydrogen) atoms. The number of nitrogens with one attached hydrogen (secondary N) is 1. The van der Waals surface area contributed by atoms with Crippen LogP contribution in [-0.4, -0.2) is 50.5 Å². The summed E-state index contributed by atoms with van der Waals surface area (Å²) >= 11 is 0. The largest absolute Gasteiger partial charge is 0.391 e. The van der Waals surface area contributed by atoms with Gasteiger partial charge in [-0.15, -0.1) is 0 Å². The van der Waals surface area contributed by atoms with Gasteiger partial charge in [-0.3, -0.25) is 4.79 Å². The van der Waals surface area contributed by atoms with Gasteiger partial charge in [0.2, 0.25) is 0 Å². The Labute approximate surface area is 132 Å². The van der Waals surface area contributed by atoms with Gasteiger partial charge in [-0.05, 0) is 38.3 Å². The normalized spacial score (nSPS) is 15.9. The predicted octanol–water partition coefficient (Wildman–Crippen LogP) is 1.72. The molecule has 0 spiro atoms. The third kappa shape index (κ3) is 4.45. The number of benzene rings is 1. The van der Waals surface area contributed by atoms with Crippen LogP contribution in [-0.2, 0) is 4.74 Å². The number of aliphatic hydroxyl groups is 1. The topological polar surface area (TPSA) is 61.8 Å². The van der Waals surface area contributed by atoms with Crippen molar-refractivity contribution in [2.45, 2.75) is 32.3 Å². The molecule has 1 aromatic carbocycles. The first-order valence-corrected chi connectivity index (χ1v) is 7.92. The summed E-state index contributed by atoms with van der Waals surface area (Å²) in [5.74, 6) is -0.0739. The number of aliphatic hydroxyl groups excluding tert-OH is 1. The van der Waals surface area contributed by atoms with Crippen molar-refractivity contribution in [3.8, 4) is 0 Å². The Kier molecular flexibility index (Phi) is 6.21. The van der Waals surface area contributed by atoms with Gasteiger partial charge >= 0.3 is 0 Å². The summed E-state index contributed by atoms with van der Waals surface area (Å²) in [6, 6.07) is 6.02. The average molecular weight is 306 g/mol. The maximum Gasteiger partial charge on any atom is 0.253 e. The molecule has 2 N–H and O–H groups in total. The molecule has 0 aliphatic carbocycles. The van der Waals surface area contributed by atoms with E-state index in [4.69, 9.17) is 4.74 Å². The zero-order valence-electron chi connectivity index (χ0n) is 13.5. The molecule has 0 radical (unpaired) electrons. The van der Waals surface area contributed by atoms with E-state index in [0.717, 1.165) is 29.9 Å². The van der Waals surface area contributed by atoms with Crippen LogP contribution in [0, 0.1) is 6.92 Å². The van der Waals surface area contributed by atoms with Crippen molar-refractivity contribution in [3.05, 3.63) is 29.3 Å². The van der Waals surface area contributed by atoms with E-state index >= 15 is 0 Å². The van der Waals surface area contributed by atoms with Crippen molar-refractivity contribution < 1.29 is 14.6 Å². The minimum atomic E-state index is -0.541. The molecule has 1 heterocycles. The lowest BCUT2D eigenvalue weighted by Crippen LogP contribution is -2.30. The van der Waals surface area contributed by atoms with Crippen molar-refractivity contribution in [1.29, 1.82) is 0 Å². The van der Waals surface area contributed by atoms with Gasteiger partial charge in [0.25, 0.3) is 5.91 Å². The predicted molar refractivity (Wildman–Crippen MR) is 87.5 cm³/mol. The van der Waals surface area contributed by atoms with Gasteiger partial charge in [0, 0.05) is 32.4 Å². The second kappa shape index (κ2) is 8.15. The molecule has 1 unspecified atom stereocenters. The number of carbonyl (C=O) groups excluding carboxylic acids is 1. The van der Waals surface area contributed by atoms with Gasteiger partial charge in [0.1, 0.15) is 0 Å². The molecule has 2 rings (SSSR count). The second-order valence-corrected chi connectivity index (χ2v) is 5.87. The van der Waals surface area contributed by atoms with Crippen LogP contribution in [0.5, 0.6) is 0 Å². The summed E-state index contributed by atoms with van der Waals surface area (Å²) in [6.45, 7) is 4.74. The molecule has 1 atom stereocenters. The van der Waals surface area contributed by atoms with Crippen molar-refractivity contribution in [3.63, 3.8) is 0 Å². The van der Waals surface area contributed by atoms with E-state index < -0.39 is 6.10 Å². The van der Waals surface area contributed by atoms with Gasteiger partial charge in [-0.1, -0.05) is 11.6 Å². The Balaban J connectivity index is 2.00. The zero-order valence-corrected chi connectivity index (χ0v) is 13.5. The first-order chi connectivity index (χ1) is 10.6. The number of hydrogen-bond donors (Lipinski definition) is 2. The fourth-order valence-corrected chi connectivity index (χ4v) is 2.79. The van der Waals surface area contributed by atoms with Gasteiger partial charge in [-0.2, -0.15) is 0 Å². The van der Waals surface area contributed by atoms with Crippen LogP contribution in [0.3, 0.4) is 0 Å². The minimum Gasteiger partial charge on any atom is -0.391 e. The van der Waals surface area contributed by atoms with Crippen LogP contribution in [0.1, 0.15) is 35.2 Å². The number of rotatable bonds is 7. The summed E-state index contributed by atoms with van der Waals surface area (Å²) < 4.78 is 4.88. The molecule has 1 aliphatic rings. The second-order valence-electron chi connectivity index (χ2n) is 5.87. The van der Waals surface area contributed by atoms with E-state index in [2.05, 4.69) is 10.2 Å². The summed E-state index contributed by atoms with van der Waals surface area (Å²) in [5, 5.41) is 12.5. The van der Waals surface area contributed by atoms with Crippen molar-refractivity contribution in [1.82, 2.24) is 5.32 Å². The van der Waals surface area contributed by atoms with E-state index in [1.165, 1.54) is 12.8 Å². The van der Waals surface area contributed by atoms with Crippen LogP contribution >= 0.6 is 0 Å². The van der Waals surface area contributed by atoms with Crippen molar-refractivity contribution in [2.24, 2.45) is 0 Å². The maximum atomic E-state index is 12.5. The highest BCUT2D eigenvalue weighted by molar-refractivity contribution is 6.00. The van der Waals surface area contributed by atoms with E-state index in [0.29, 0.717) is 19.6 Å². The lowest BCUT2D eigenvalue weighted by atomic mass is 10.1. The van der Waals surface area contributed by atoms with E-state index in [9.17, 15) is 9.90 Å².